The number of amides is 1. The van der Waals surface area contributed by atoms with Crippen LogP contribution in [-0.4, -0.2) is 36.5 Å². The average molecular weight is 449 g/mol. The minimum atomic E-state index is -0.323. The molecule has 1 heterocycles. The Morgan fingerprint density at radius 1 is 1.12 bits per heavy atom. The molecule has 5 rings (SSSR count). The number of carbonyl (C=O) groups is 2. The molecule has 1 unspecified atom stereocenters. The number of likely N-dealkylation sites (tertiary alicyclic amines) is 1. The quantitative estimate of drug-likeness (QED) is 0.596. The highest BCUT2D eigenvalue weighted by Crippen LogP contribution is 2.66. The van der Waals surface area contributed by atoms with Gasteiger partial charge >= 0.3 is 5.97 Å². The van der Waals surface area contributed by atoms with Crippen molar-refractivity contribution in [3.63, 3.8) is 0 Å². The molecule has 33 heavy (non-hydrogen) atoms. The molecule has 176 valence electrons. The van der Waals surface area contributed by atoms with E-state index in [-0.39, 0.29) is 16.8 Å². The Kier molecular flexibility index (Phi) is 5.54. The van der Waals surface area contributed by atoms with Gasteiger partial charge in [0.15, 0.2) is 0 Å². The van der Waals surface area contributed by atoms with Crippen LogP contribution < -0.4 is 0 Å². The zero-order valence-electron chi connectivity index (χ0n) is 20.2. The molecule has 3 saturated carbocycles. The second-order valence-corrected chi connectivity index (χ2v) is 11.6. The predicted molar refractivity (Wildman–Crippen MR) is 125 cm³/mol. The second kappa shape index (κ2) is 8.15. The molecule has 0 aromatic heterocycles. The maximum absolute atomic E-state index is 12.7. The molecular formula is C28H36N2O3. The largest absolute Gasteiger partial charge is 0.462 e. The summed E-state index contributed by atoms with van der Waals surface area (Å²) in [6.07, 6.45) is 8.83. The third-order valence-corrected chi connectivity index (χ3v) is 10.4. The smallest absolute Gasteiger partial charge is 0.338 e. The summed E-state index contributed by atoms with van der Waals surface area (Å²) in [7, 11) is 2.02. The van der Waals surface area contributed by atoms with Gasteiger partial charge in [-0.25, -0.2) is 4.79 Å². The number of hydrogen-bond donors (Lipinski definition) is 0. The summed E-state index contributed by atoms with van der Waals surface area (Å²) >= 11 is 0. The fourth-order valence-corrected chi connectivity index (χ4v) is 8.51. The predicted octanol–water partition coefficient (Wildman–Crippen LogP) is 5.19. The first-order valence-corrected chi connectivity index (χ1v) is 12.7. The van der Waals surface area contributed by atoms with E-state index in [0.717, 1.165) is 25.2 Å². The molecule has 1 aromatic carbocycles. The summed E-state index contributed by atoms with van der Waals surface area (Å²) in [5.41, 5.74) is 1.40. The van der Waals surface area contributed by atoms with Crippen LogP contribution in [0.25, 0.3) is 0 Å². The number of fused-ring (bicyclic) bond motifs is 5. The van der Waals surface area contributed by atoms with E-state index in [1.807, 2.05) is 7.05 Å². The zero-order valence-corrected chi connectivity index (χ0v) is 20.2. The molecule has 3 aliphatic carbocycles. The first-order chi connectivity index (χ1) is 15.8. The molecule has 0 N–H and O–H groups in total. The summed E-state index contributed by atoms with van der Waals surface area (Å²) in [5, 5.41) is 9.10. The Morgan fingerprint density at radius 2 is 1.91 bits per heavy atom. The van der Waals surface area contributed by atoms with Crippen LogP contribution in [-0.2, 0) is 9.53 Å². The van der Waals surface area contributed by atoms with Crippen molar-refractivity contribution in [3.8, 4) is 6.07 Å². The van der Waals surface area contributed by atoms with Crippen LogP contribution in [0.15, 0.2) is 24.3 Å². The maximum Gasteiger partial charge on any atom is 0.338 e. The van der Waals surface area contributed by atoms with Crippen molar-refractivity contribution in [2.45, 2.75) is 71.3 Å². The molecule has 0 spiro atoms. The topological polar surface area (TPSA) is 70.4 Å². The Labute approximate surface area is 197 Å². The number of piperidine rings is 1. The standard InChI is InChI=1S/C28H36N2O3/c1-27-13-11-23-21(8-10-24-28(23,2)14-12-25(31)30(24)3)22(27)9-7-20(27)17-33-26(32)19-6-4-5-18(15-19)16-29/h4-6,15,20-24H,7-14,17H2,1-3H3/t20?,21-,22-,23-,24+,27+,28+/m0/s1. The number of esters is 1. The lowest BCUT2D eigenvalue weighted by Gasteiger charge is -2.61. The van der Waals surface area contributed by atoms with Crippen LogP contribution in [0.3, 0.4) is 0 Å². The highest BCUT2D eigenvalue weighted by molar-refractivity contribution is 5.89. The summed E-state index contributed by atoms with van der Waals surface area (Å²) in [6.45, 7) is 5.38. The number of rotatable bonds is 3. The molecule has 1 aliphatic heterocycles. The monoisotopic (exact) mass is 448 g/mol. The molecule has 5 heteroatoms. The lowest BCUT2D eigenvalue weighted by molar-refractivity contribution is -0.158. The van der Waals surface area contributed by atoms with E-state index in [0.29, 0.717) is 53.9 Å². The van der Waals surface area contributed by atoms with Crippen molar-refractivity contribution >= 4 is 11.9 Å². The fraction of sp³-hybridized carbons (Fsp3) is 0.679. The van der Waals surface area contributed by atoms with E-state index in [1.54, 1.807) is 24.3 Å². The number of benzene rings is 1. The lowest BCUT2D eigenvalue weighted by atomic mass is 9.47. The minimum absolute atomic E-state index is 0.218. The highest BCUT2D eigenvalue weighted by atomic mass is 16.5. The van der Waals surface area contributed by atoms with E-state index < -0.39 is 0 Å². The molecule has 1 saturated heterocycles. The van der Waals surface area contributed by atoms with Gasteiger partial charge in [0.1, 0.15) is 0 Å². The molecule has 5 nitrogen and oxygen atoms in total. The normalized spacial score (nSPS) is 39.8. The van der Waals surface area contributed by atoms with E-state index in [2.05, 4.69) is 24.8 Å². The third kappa shape index (κ3) is 3.49. The molecule has 4 aliphatic rings. The number of ether oxygens (including phenoxy) is 1. The van der Waals surface area contributed by atoms with Crippen molar-refractivity contribution in [2.24, 2.45) is 34.5 Å². The number of carbonyl (C=O) groups excluding carboxylic acids is 2. The van der Waals surface area contributed by atoms with Gasteiger partial charge in [0, 0.05) is 19.5 Å². The van der Waals surface area contributed by atoms with E-state index in [4.69, 9.17) is 10.00 Å². The Balaban J connectivity index is 1.28. The fourth-order valence-electron chi connectivity index (χ4n) is 8.51. The Bertz CT molecular complexity index is 999. The zero-order chi connectivity index (χ0) is 23.4. The highest BCUT2D eigenvalue weighted by Gasteiger charge is 2.61. The van der Waals surface area contributed by atoms with Gasteiger partial charge in [0.05, 0.1) is 23.8 Å². The van der Waals surface area contributed by atoms with Gasteiger partial charge in [-0.15, -0.1) is 0 Å². The van der Waals surface area contributed by atoms with Gasteiger partial charge < -0.3 is 9.64 Å². The van der Waals surface area contributed by atoms with Gasteiger partial charge in [0.25, 0.3) is 0 Å². The van der Waals surface area contributed by atoms with Gasteiger partial charge in [-0.1, -0.05) is 19.9 Å². The van der Waals surface area contributed by atoms with Crippen molar-refractivity contribution in [2.75, 3.05) is 13.7 Å². The van der Waals surface area contributed by atoms with E-state index in [9.17, 15) is 9.59 Å². The summed E-state index contributed by atoms with van der Waals surface area (Å²) in [4.78, 5) is 27.1. The summed E-state index contributed by atoms with van der Waals surface area (Å²) < 4.78 is 5.80. The first kappa shape index (κ1) is 22.4. The molecule has 1 amide bonds. The van der Waals surface area contributed by atoms with Crippen LogP contribution in [0.2, 0.25) is 0 Å². The average Bonchev–Trinajstić information content (AvgIpc) is 3.16. The number of hydrogen-bond acceptors (Lipinski definition) is 4. The van der Waals surface area contributed by atoms with Gasteiger partial charge in [-0.05, 0) is 97.6 Å². The van der Waals surface area contributed by atoms with Crippen LogP contribution in [0, 0.1) is 45.8 Å². The molecule has 4 fully saturated rings. The molecule has 1 aromatic rings. The third-order valence-electron chi connectivity index (χ3n) is 10.4. The van der Waals surface area contributed by atoms with Crippen molar-refractivity contribution in [1.82, 2.24) is 4.90 Å². The van der Waals surface area contributed by atoms with Gasteiger partial charge in [-0.3, -0.25) is 4.79 Å². The molecule has 0 radical (unpaired) electrons. The van der Waals surface area contributed by atoms with Crippen LogP contribution in [0.4, 0.5) is 0 Å². The second-order valence-electron chi connectivity index (χ2n) is 11.6. The van der Waals surface area contributed by atoms with Crippen LogP contribution in [0.1, 0.15) is 81.1 Å². The van der Waals surface area contributed by atoms with Gasteiger partial charge in [-0.2, -0.15) is 5.26 Å². The van der Waals surface area contributed by atoms with Crippen LogP contribution >= 0.6 is 0 Å². The molecular weight excluding hydrogens is 412 g/mol. The summed E-state index contributed by atoms with van der Waals surface area (Å²) in [5.74, 6) is 2.49. The SMILES string of the molecule is CN1C(=O)CC[C@]2(C)[C@H]3CC[C@]4(C)C(COC(=O)c5cccc(C#N)c5)CC[C@H]4[C@@H]3CC[C@@H]12. The van der Waals surface area contributed by atoms with Crippen molar-refractivity contribution in [3.05, 3.63) is 35.4 Å². The summed E-state index contributed by atoms with van der Waals surface area (Å²) in [6, 6.07) is 9.25. The number of nitrogens with zero attached hydrogens (tertiary/aromatic N) is 2. The van der Waals surface area contributed by atoms with Crippen molar-refractivity contribution < 1.29 is 14.3 Å². The molecule has 7 atom stereocenters. The molecule has 0 bridgehead atoms. The van der Waals surface area contributed by atoms with Crippen LogP contribution in [0.5, 0.6) is 0 Å². The Hall–Kier alpha value is -2.35. The maximum atomic E-state index is 12.7. The van der Waals surface area contributed by atoms with Gasteiger partial charge in [0.2, 0.25) is 5.91 Å². The van der Waals surface area contributed by atoms with Crippen molar-refractivity contribution in [1.29, 1.82) is 5.26 Å². The minimum Gasteiger partial charge on any atom is -0.462 e. The number of nitriles is 1. The lowest BCUT2D eigenvalue weighted by Crippen LogP contribution is -2.61. The van der Waals surface area contributed by atoms with E-state index >= 15 is 0 Å². The Morgan fingerprint density at radius 3 is 2.70 bits per heavy atom. The first-order valence-electron chi connectivity index (χ1n) is 12.7. The van der Waals surface area contributed by atoms with E-state index in [1.165, 1.54) is 25.7 Å².